The third-order valence-corrected chi connectivity index (χ3v) is 5.32. The Morgan fingerprint density at radius 3 is 1.55 bits per heavy atom. The fourth-order valence-electron chi connectivity index (χ4n) is 3.03. The molecule has 1 aromatic heterocycles. The van der Waals surface area contributed by atoms with E-state index in [9.17, 15) is 0 Å². The van der Waals surface area contributed by atoms with Crippen molar-refractivity contribution in [2.45, 2.75) is 34.6 Å². The largest absolute Gasteiger partial charge is 0.251 e. The number of para-hydroxylation sites is 2. The van der Waals surface area contributed by atoms with Gasteiger partial charge < -0.3 is 0 Å². The summed E-state index contributed by atoms with van der Waals surface area (Å²) in [5, 5.41) is 0. The summed E-state index contributed by atoms with van der Waals surface area (Å²) in [5.41, 5.74) is 8.88. The third-order valence-electron chi connectivity index (χ3n) is 4.68. The van der Waals surface area contributed by atoms with E-state index in [2.05, 4.69) is 61.0 Å². The number of rotatable bonds is 4. The molecule has 0 aliphatic heterocycles. The number of aromatic nitrogens is 1. The van der Waals surface area contributed by atoms with E-state index in [4.69, 9.17) is 15.0 Å². The van der Waals surface area contributed by atoms with Gasteiger partial charge in [0.1, 0.15) is 0 Å². The Hall–Kier alpha value is -1.49. The van der Waals surface area contributed by atoms with Crippen molar-refractivity contribution in [1.82, 2.24) is 4.98 Å². The van der Waals surface area contributed by atoms with Crippen molar-refractivity contribution < 1.29 is 17.1 Å². The maximum absolute atomic E-state index is 4.85. The Morgan fingerprint density at radius 1 is 0.677 bits per heavy atom. The zero-order valence-corrected chi connectivity index (χ0v) is 22.4. The summed E-state index contributed by atoms with van der Waals surface area (Å²) in [6.45, 7) is 10.2. The Labute approximate surface area is 216 Å². The first kappa shape index (κ1) is 29.5. The molecule has 0 spiro atoms. The van der Waals surface area contributed by atoms with E-state index in [0.717, 1.165) is 55.3 Å². The Balaban J connectivity index is 0.00000300. The Kier molecular flexibility index (Phi) is 12.5. The number of pyridine rings is 1. The SMILES string of the molecule is CC(=Nc1c(C)cccc1C)c1cccc(C(C)=Nc2c(C)cccc2Br)n1.Cl.Cl.[Fe]. The van der Waals surface area contributed by atoms with Gasteiger partial charge in [0.2, 0.25) is 0 Å². The van der Waals surface area contributed by atoms with Crippen molar-refractivity contribution >= 4 is 63.5 Å². The van der Waals surface area contributed by atoms with Crippen molar-refractivity contribution in [3.05, 3.63) is 87.1 Å². The van der Waals surface area contributed by atoms with Gasteiger partial charge in [0.05, 0.1) is 34.2 Å². The van der Waals surface area contributed by atoms with Crippen molar-refractivity contribution in [3.8, 4) is 0 Å². The van der Waals surface area contributed by atoms with Crippen molar-refractivity contribution in [2.75, 3.05) is 0 Å². The summed E-state index contributed by atoms with van der Waals surface area (Å²) in [6.07, 6.45) is 0. The Morgan fingerprint density at radius 2 is 1.06 bits per heavy atom. The minimum Gasteiger partial charge on any atom is -0.251 e. The van der Waals surface area contributed by atoms with E-state index < -0.39 is 0 Å². The molecular formula is C24H26BrCl2FeN3. The molecule has 3 aromatic rings. The molecule has 2 aromatic carbocycles. The number of halogens is 3. The summed E-state index contributed by atoms with van der Waals surface area (Å²) >= 11 is 3.59. The molecule has 0 aliphatic carbocycles. The number of nitrogens with zero attached hydrogens (tertiary/aromatic N) is 3. The second-order valence-electron chi connectivity index (χ2n) is 6.95. The monoisotopic (exact) mass is 561 g/mol. The average molecular weight is 563 g/mol. The molecule has 3 nitrogen and oxygen atoms in total. The molecule has 0 N–H and O–H groups in total. The van der Waals surface area contributed by atoms with E-state index in [0.29, 0.717) is 0 Å². The molecule has 0 saturated heterocycles. The molecule has 0 aliphatic rings. The van der Waals surface area contributed by atoms with Crippen LogP contribution in [0.25, 0.3) is 0 Å². The fraction of sp³-hybridized carbons (Fsp3) is 0.208. The molecule has 0 saturated carbocycles. The van der Waals surface area contributed by atoms with Crippen molar-refractivity contribution in [2.24, 2.45) is 9.98 Å². The third kappa shape index (κ3) is 7.27. The number of aryl methyl sites for hydroxylation is 3. The van der Waals surface area contributed by atoms with Crippen molar-refractivity contribution in [1.29, 1.82) is 0 Å². The van der Waals surface area contributed by atoms with E-state index in [1.54, 1.807) is 0 Å². The molecular weight excluding hydrogens is 537 g/mol. The van der Waals surface area contributed by atoms with Gasteiger partial charge in [-0.3, -0.25) is 9.98 Å². The van der Waals surface area contributed by atoms with Gasteiger partial charge >= 0.3 is 0 Å². The molecule has 0 bridgehead atoms. The van der Waals surface area contributed by atoms with Crippen LogP contribution in [-0.2, 0) is 17.1 Å². The first-order chi connectivity index (χ1) is 13.4. The van der Waals surface area contributed by atoms with E-state index in [-0.39, 0.29) is 41.9 Å². The predicted octanol–water partition coefficient (Wildman–Crippen LogP) is 7.89. The summed E-state index contributed by atoms with van der Waals surface area (Å²) in [7, 11) is 0. The van der Waals surface area contributed by atoms with Crippen LogP contribution in [0.1, 0.15) is 41.9 Å². The molecule has 0 amide bonds. The molecule has 0 fully saturated rings. The summed E-state index contributed by atoms with van der Waals surface area (Å²) in [4.78, 5) is 14.5. The van der Waals surface area contributed by atoms with Gasteiger partial charge in [-0.25, -0.2) is 4.98 Å². The van der Waals surface area contributed by atoms with Gasteiger partial charge in [0.25, 0.3) is 0 Å². The normalized spacial score (nSPS) is 11.2. The number of hydrogen-bond donors (Lipinski definition) is 0. The first-order valence-electron chi connectivity index (χ1n) is 9.26. The van der Waals surface area contributed by atoms with Crippen LogP contribution in [0, 0.1) is 20.8 Å². The first-order valence-corrected chi connectivity index (χ1v) is 10.1. The number of aliphatic imine (C=N–C) groups is 2. The second kappa shape index (κ2) is 13.1. The fourth-order valence-corrected chi connectivity index (χ4v) is 3.59. The van der Waals surface area contributed by atoms with Gasteiger partial charge in [0.15, 0.2) is 0 Å². The van der Waals surface area contributed by atoms with E-state index >= 15 is 0 Å². The van der Waals surface area contributed by atoms with Crippen LogP contribution < -0.4 is 0 Å². The maximum atomic E-state index is 4.85. The van der Waals surface area contributed by atoms with Crippen LogP contribution >= 0.6 is 40.7 Å². The molecule has 31 heavy (non-hydrogen) atoms. The number of benzene rings is 2. The molecule has 166 valence electrons. The number of hydrogen-bond acceptors (Lipinski definition) is 3. The smallest absolute Gasteiger partial charge is 0.0849 e. The molecule has 0 atom stereocenters. The van der Waals surface area contributed by atoms with Crippen LogP contribution in [0.3, 0.4) is 0 Å². The molecule has 3 rings (SSSR count). The summed E-state index contributed by atoms with van der Waals surface area (Å²) in [5.74, 6) is 0. The van der Waals surface area contributed by atoms with E-state index in [1.807, 2.05) is 44.2 Å². The van der Waals surface area contributed by atoms with Crippen molar-refractivity contribution in [3.63, 3.8) is 0 Å². The second-order valence-corrected chi connectivity index (χ2v) is 7.80. The minimum absolute atomic E-state index is 0. The Bertz CT molecular complexity index is 975. The topological polar surface area (TPSA) is 37.6 Å². The minimum atomic E-state index is 0. The van der Waals surface area contributed by atoms with Crippen LogP contribution in [0.4, 0.5) is 11.4 Å². The maximum Gasteiger partial charge on any atom is 0.0849 e. The summed E-state index contributed by atoms with van der Waals surface area (Å²) < 4.78 is 0.982. The zero-order chi connectivity index (χ0) is 20.3. The quantitative estimate of drug-likeness (QED) is 0.235. The van der Waals surface area contributed by atoms with Gasteiger partial charge in [-0.2, -0.15) is 0 Å². The molecule has 1 heterocycles. The van der Waals surface area contributed by atoms with Crippen LogP contribution in [0.15, 0.2) is 69.1 Å². The van der Waals surface area contributed by atoms with Gasteiger partial charge in [-0.1, -0.05) is 36.4 Å². The predicted molar refractivity (Wildman–Crippen MR) is 137 cm³/mol. The summed E-state index contributed by atoms with van der Waals surface area (Å²) in [6, 6.07) is 18.3. The standard InChI is InChI=1S/C24H24BrN3.2ClH.Fe/c1-15-9-6-10-16(2)23(15)26-18(4)21-13-8-14-22(28-21)19(5)27-24-17(3)11-7-12-20(24)25;;;/h6-14H,1-5H3;2*1H;. The average Bonchev–Trinajstić information content (AvgIpc) is 2.67. The molecule has 7 heteroatoms. The van der Waals surface area contributed by atoms with Crippen LogP contribution in [-0.4, -0.2) is 16.4 Å². The van der Waals surface area contributed by atoms with Gasteiger partial charge in [-0.15, -0.1) is 24.8 Å². The van der Waals surface area contributed by atoms with Crippen LogP contribution in [0.5, 0.6) is 0 Å². The van der Waals surface area contributed by atoms with Gasteiger partial charge in [0, 0.05) is 21.5 Å². The molecule has 0 unspecified atom stereocenters. The van der Waals surface area contributed by atoms with E-state index in [1.165, 1.54) is 0 Å². The van der Waals surface area contributed by atoms with Gasteiger partial charge in [-0.05, 0) is 85.4 Å². The zero-order valence-electron chi connectivity index (χ0n) is 18.1. The van der Waals surface area contributed by atoms with Crippen LogP contribution in [0.2, 0.25) is 0 Å². The molecule has 0 radical (unpaired) electrons.